The Morgan fingerprint density at radius 3 is 2.81 bits per heavy atom. The van der Waals surface area contributed by atoms with Gasteiger partial charge in [-0.25, -0.2) is 0 Å². The van der Waals surface area contributed by atoms with Gasteiger partial charge in [0.25, 0.3) is 0 Å². The molecule has 0 saturated carbocycles. The Labute approximate surface area is 103 Å². The minimum Gasteiger partial charge on any atom is -0.486 e. The summed E-state index contributed by atoms with van der Waals surface area (Å²) in [5.41, 5.74) is 0.724. The third-order valence-corrected chi connectivity index (χ3v) is 4.38. The zero-order valence-electron chi connectivity index (χ0n) is 9.07. The van der Waals surface area contributed by atoms with Crippen LogP contribution in [0.1, 0.15) is 31.1 Å². The average molecular weight is 282 g/mol. The molecular formula is C12H12BrNO2. The zero-order valence-corrected chi connectivity index (χ0v) is 10.7. The fourth-order valence-electron chi connectivity index (χ4n) is 1.82. The molecule has 1 aliphatic rings. The van der Waals surface area contributed by atoms with Gasteiger partial charge in [0.05, 0.1) is 22.6 Å². The Hall–Kier alpha value is -1.05. The molecule has 3 nitrogen and oxygen atoms in total. The highest BCUT2D eigenvalue weighted by Crippen LogP contribution is 2.43. The summed E-state index contributed by atoms with van der Waals surface area (Å²) in [5, 5.41) is 19.0. The summed E-state index contributed by atoms with van der Waals surface area (Å²) >= 11 is 3.43. The third kappa shape index (κ3) is 1.70. The van der Waals surface area contributed by atoms with Crippen molar-refractivity contribution < 1.29 is 9.84 Å². The molecule has 16 heavy (non-hydrogen) atoms. The van der Waals surface area contributed by atoms with Crippen LogP contribution in [0.4, 0.5) is 0 Å². The van der Waals surface area contributed by atoms with E-state index in [0.29, 0.717) is 16.9 Å². The van der Waals surface area contributed by atoms with Gasteiger partial charge in [-0.15, -0.1) is 0 Å². The maximum absolute atomic E-state index is 10.1. The molecule has 0 aromatic heterocycles. The molecule has 2 unspecified atom stereocenters. The molecule has 0 aliphatic carbocycles. The minimum atomic E-state index is -0.660. The van der Waals surface area contributed by atoms with Crippen LogP contribution in [0, 0.1) is 11.3 Å². The number of nitrogens with zero attached hydrogens (tertiary/aromatic N) is 1. The van der Waals surface area contributed by atoms with Gasteiger partial charge in [0.1, 0.15) is 11.4 Å². The molecule has 2 atom stereocenters. The van der Waals surface area contributed by atoms with E-state index in [2.05, 4.69) is 22.0 Å². The maximum Gasteiger partial charge on any atom is 0.126 e. The third-order valence-electron chi connectivity index (χ3n) is 2.77. The zero-order chi connectivity index (χ0) is 11.9. The largest absolute Gasteiger partial charge is 0.486 e. The quantitative estimate of drug-likeness (QED) is 0.744. The van der Waals surface area contributed by atoms with Crippen molar-refractivity contribution >= 4 is 15.9 Å². The number of fused-ring (bicyclic) bond motifs is 1. The van der Waals surface area contributed by atoms with Gasteiger partial charge in [-0.3, -0.25) is 0 Å². The lowest BCUT2D eigenvalue weighted by molar-refractivity contribution is 0.0225. The highest BCUT2D eigenvalue weighted by molar-refractivity contribution is 9.09. The van der Waals surface area contributed by atoms with Crippen LogP contribution in [-0.2, 0) is 0 Å². The number of rotatable bonds is 0. The van der Waals surface area contributed by atoms with Gasteiger partial charge in [-0.05, 0) is 32.0 Å². The molecule has 0 fully saturated rings. The monoisotopic (exact) mass is 281 g/mol. The van der Waals surface area contributed by atoms with E-state index in [4.69, 9.17) is 10.00 Å². The molecule has 1 aromatic rings. The van der Waals surface area contributed by atoms with Crippen molar-refractivity contribution in [3.05, 3.63) is 29.3 Å². The van der Waals surface area contributed by atoms with Gasteiger partial charge in [0, 0.05) is 5.56 Å². The lowest BCUT2D eigenvalue weighted by Crippen LogP contribution is -2.45. The number of benzene rings is 1. The van der Waals surface area contributed by atoms with E-state index < -0.39 is 11.7 Å². The smallest absolute Gasteiger partial charge is 0.126 e. The molecule has 0 saturated heterocycles. The fraction of sp³-hybridized carbons (Fsp3) is 0.417. The van der Waals surface area contributed by atoms with Crippen molar-refractivity contribution in [1.29, 1.82) is 5.26 Å². The molecule has 0 radical (unpaired) electrons. The maximum atomic E-state index is 10.1. The first-order chi connectivity index (χ1) is 7.45. The van der Waals surface area contributed by atoms with E-state index in [1.807, 2.05) is 13.8 Å². The number of hydrogen-bond acceptors (Lipinski definition) is 3. The SMILES string of the molecule is CC1(C)Oc2ccc(C#N)cc2C(O)C1Br. The topological polar surface area (TPSA) is 53.2 Å². The van der Waals surface area contributed by atoms with Gasteiger partial charge in [0.15, 0.2) is 0 Å². The normalized spacial score (nSPS) is 26.4. The van der Waals surface area contributed by atoms with E-state index in [9.17, 15) is 5.11 Å². The number of halogens is 1. The molecular weight excluding hydrogens is 270 g/mol. The second kappa shape index (κ2) is 3.76. The summed E-state index contributed by atoms with van der Waals surface area (Å²) in [6.45, 7) is 3.83. The van der Waals surface area contributed by atoms with E-state index in [-0.39, 0.29) is 4.83 Å². The molecule has 0 amide bonds. The van der Waals surface area contributed by atoms with E-state index in [1.54, 1.807) is 18.2 Å². The van der Waals surface area contributed by atoms with Crippen molar-refractivity contribution in [3.8, 4) is 11.8 Å². The van der Waals surface area contributed by atoms with Crippen LogP contribution in [0.5, 0.6) is 5.75 Å². The Kier molecular flexibility index (Phi) is 2.69. The number of aliphatic hydroxyl groups excluding tert-OH is 1. The highest BCUT2D eigenvalue weighted by atomic mass is 79.9. The number of nitriles is 1. The minimum absolute atomic E-state index is 0.193. The van der Waals surface area contributed by atoms with Gasteiger partial charge in [-0.2, -0.15) is 5.26 Å². The van der Waals surface area contributed by atoms with E-state index in [1.165, 1.54) is 0 Å². The molecule has 2 rings (SSSR count). The van der Waals surface area contributed by atoms with Crippen molar-refractivity contribution in [1.82, 2.24) is 0 Å². The summed E-state index contributed by atoms with van der Waals surface area (Å²) in [7, 11) is 0. The van der Waals surface area contributed by atoms with Crippen LogP contribution >= 0.6 is 15.9 Å². The number of alkyl halides is 1. The molecule has 4 heteroatoms. The Balaban J connectivity index is 2.52. The summed E-state index contributed by atoms with van der Waals surface area (Å²) in [4.78, 5) is -0.193. The predicted molar refractivity (Wildman–Crippen MR) is 63.5 cm³/mol. The lowest BCUT2D eigenvalue weighted by atomic mass is 9.91. The van der Waals surface area contributed by atoms with Crippen molar-refractivity contribution in [3.63, 3.8) is 0 Å². The van der Waals surface area contributed by atoms with Gasteiger partial charge in [0.2, 0.25) is 0 Å². The summed E-state index contributed by atoms with van der Waals surface area (Å²) in [5.74, 6) is 0.646. The Bertz CT molecular complexity index is 465. The number of hydrogen-bond donors (Lipinski definition) is 1. The molecule has 1 aromatic carbocycles. The Morgan fingerprint density at radius 2 is 2.19 bits per heavy atom. The van der Waals surface area contributed by atoms with Gasteiger partial charge >= 0.3 is 0 Å². The van der Waals surface area contributed by atoms with Crippen LogP contribution in [0.3, 0.4) is 0 Å². The highest BCUT2D eigenvalue weighted by Gasteiger charge is 2.41. The van der Waals surface area contributed by atoms with Crippen molar-refractivity contribution in [2.45, 2.75) is 30.4 Å². The van der Waals surface area contributed by atoms with Gasteiger partial charge < -0.3 is 9.84 Å². The standard InChI is InChI=1S/C12H12BrNO2/c1-12(2)11(13)10(15)8-5-7(6-14)3-4-9(8)16-12/h3-5,10-11,15H,1-2H3. The van der Waals surface area contributed by atoms with Gasteiger partial charge in [-0.1, -0.05) is 15.9 Å². The van der Waals surface area contributed by atoms with E-state index >= 15 is 0 Å². The molecule has 0 bridgehead atoms. The van der Waals surface area contributed by atoms with Crippen LogP contribution in [0.2, 0.25) is 0 Å². The van der Waals surface area contributed by atoms with Crippen LogP contribution < -0.4 is 4.74 Å². The number of ether oxygens (including phenoxy) is 1. The van der Waals surface area contributed by atoms with E-state index in [0.717, 1.165) is 0 Å². The first kappa shape index (κ1) is 11.4. The summed E-state index contributed by atoms with van der Waals surface area (Å²) in [6, 6.07) is 7.15. The molecule has 1 heterocycles. The molecule has 1 aliphatic heterocycles. The second-order valence-electron chi connectivity index (χ2n) is 4.42. The van der Waals surface area contributed by atoms with Crippen molar-refractivity contribution in [2.75, 3.05) is 0 Å². The lowest BCUT2D eigenvalue weighted by Gasteiger charge is -2.40. The Morgan fingerprint density at radius 1 is 1.50 bits per heavy atom. The fourth-order valence-corrected chi connectivity index (χ4v) is 2.20. The summed E-state index contributed by atoms with van der Waals surface area (Å²) in [6.07, 6.45) is -0.660. The number of aliphatic hydroxyl groups is 1. The predicted octanol–water partition coefficient (Wildman–Crippen LogP) is 2.53. The van der Waals surface area contributed by atoms with Crippen LogP contribution in [0.15, 0.2) is 18.2 Å². The average Bonchev–Trinajstić information content (AvgIpc) is 2.25. The molecule has 84 valence electrons. The molecule has 1 N–H and O–H groups in total. The first-order valence-corrected chi connectivity index (χ1v) is 5.92. The van der Waals surface area contributed by atoms with Crippen molar-refractivity contribution in [2.24, 2.45) is 0 Å². The van der Waals surface area contributed by atoms with Crippen LogP contribution in [-0.4, -0.2) is 15.5 Å². The molecule has 0 spiro atoms. The second-order valence-corrected chi connectivity index (χ2v) is 5.40. The first-order valence-electron chi connectivity index (χ1n) is 5.01. The summed E-state index contributed by atoms with van der Waals surface area (Å²) < 4.78 is 5.79. The van der Waals surface area contributed by atoms with Crippen LogP contribution in [0.25, 0.3) is 0 Å².